The molecule has 4 aromatic rings. The van der Waals surface area contributed by atoms with Gasteiger partial charge in [0.05, 0.1) is 25.8 Å². The maximum atomic E-state index is 11.1. The number of nitro groups is 2. The molecule has 0 aliphatic heterocycles. The van der Waals surface area contributed by atoms with Crippen molar-refractivity contribution in [2.75, 3.05) is 0 Å². The fourth-order valence-electron chi connectivity index (χ4n) is 3.06. The number of aromatic nitrogens is 1. The number of nitro benzene ring substituents is 2. The SMILES string of the molecule is Cc1ccc2sc(-c3ccc(N=Cc4cc([N+](=O)[O-])c(O)c([N+](=O)[O-])c4O)cc3)nc2c1. The van der Waals surface area contributed by atoms with Gasteiger partial charge >= 0.3 is 11.4 Å². The molecular weight excluding hydrogens is 436 g/mol. The molecule has 0 atom stereocenters. The van der Waals surface area contributed by atoms with Crippen LogP contribution < -0.4 is 0 Å². The van der Waals surface area contributed by atoms with E-state index < -0.39 is 32.7 Å². The van der Waals surface area contributed by atoms with E-state index in [2.05, 4.69) is 9.98 Å². The zero-order chi connectivity index (χ0) is 23.0. The minimum absolute atomic E-state index is 0.271. The van der Waals surface area contributed by atoms with Crippen molar-refractivity contribution in [2.24, 2.45) is 4.99 Å². The lowest BCUT2D eigenvalue weighted by Gasteiger charge is -2.04. The fourth-order valence-corrected chi connectivity index (χ4v) is 4.01. The van der Waals surface area contributed by atoms with E-state index in [-0.39, 0.29) is 5.56 Å². The van der Waals surface area contributed by atoms with Crippen molar-refractivity contribution in [3.8, 4) is 22.1 Å². The van der Waals surface area contributed by atoms with Crippen molar-refractivity contribution in [3.05, 3.63) is 79.9 Å². The van der Waals surface area contributed by atoms with Gasteiger partial charge < -0.3 is 10.2 Å². The zero-order valence-electron chi connectivity index (χ0n) is 16.4. The van der Waals surface area contributed by atoms with E-state index in [4.69, 9.17) is 0 Å². The fraction of sp³-hybridized carbons (Fsp3) is 0.0476. The van der Waals surface area contributed by atoms with Gasteiger partial charge in [0, 0.05) is 23.4 Å². The summed E-state index contributed by atoms with van der Waals surface area (Å²) in [6.45, 7) is 2.00. The molecule has 3 aromatic carbocycles. The number of phenols is 2. The van der Waals surface area contributed by atoms with Crippen LogP contribution in [-0.4, -0.2) is 31.3 Å². The predicted molar refractivity (Wildman–Crippen MR) is 120 cm³/mol. The van der Waals surface area contributed by atoms with Crippen LogP contribution in [0.25, 0.3) is 20.8 Å². The molecule has 0 radical (unpaired) electrons. The number of nitrogens with zero attached hydrogens (tertiary/aromatic N) is 4. The molecule has 0 saturated heterocycles. The van der Waals surface area contributed by atoms with Crippen LogP contribution in [0, 0.1) is 27.2 Å². The van der Waals surface area contributed by atoms with Crippen LogP contribution in [0.15, 0.2) is 53.5 Å². The Bertz CT molecular complexity index is 1410. The summed E-state index contributed by atoms with van der Waals surface area (Å²) in [5.41, 5.74) is 1.03. The molecule has 32 heavy (non-hydrogen) atoms. The van der Waals surface area contributed by atoms with Crippen molar-refractivity contribution in [1.29, 1.82) is 0 Å². The van der Waals surface area contributed by atoms with Gasteiger partial charge in [-0.1, -0.05) is 6.07 Å². The van der Waals surface area contributed by atoms with Gasteiger partial charge in [-0.3, -0.25) is 25.2 Å². The quantitative estimate of drug-likeness (QED) is 0.239. The first-order valence-corrected chi connectivity index (χ1v) is 9.95. The van der Waals surface area contributed by atoms with Gasteiger partial charge in [0.15, 0.2) is 0 Å². The molecule has 1 aromatic heterocycles. The zero-order valence-corrected chi connectivity index (χ0v) is 17.2. The van der Waals surface area contributed by atoms with Crippen LogP contribution in [0.1, 0.15) is 11.1 Å². The number of fused-ring (bicyclic) bond motifs is 1. The molecule has 11 heteroatoms. The van der Waals surface area contributed by atoms with Gasteiger partial charge in [0.2, 0.25) is 5.75 Å². The van der Waals surface area contributed by atoms with Crippen molar-refractivity contribution in [2.45, 2.75) is 6.92 Å². The highest BCUT2D eigenvalue weighted by molar-refractivity contribution is 7.21. The van der Waals surface area contributed by atoms with Gasteiger partial charge in [-0.05, 0) is 48.9 Å². The first kappa shape index (κ1) is 20.9. The molecule has 10 nitrogen and oxygen atoms in total. The summed E-state index contributed by atoms with van der Waals surface area (Å²) in [5.74, 6) is -2.13. The van der Waals surface area contributed by atoms with E-state index in [9.17, 15) is 30.4 Å². The molecule has 4 rings (SSSR count). The lowest BCUT2D eigenvalue weighted by molar-refractivity contribution is -0.396. The van der Waals surface area contributed by atoms with Crippen LogP contribution >= 0.6 is 11.3 Å². The maximum Gasteiger partial charge on any atom is 0.359 e. The number of benzene rings is 3. The third-order valence-corrected chi connectivity index (χ3v) is 5.73. The van der Waals surface area contributed by atoms with Crippen LogP contribution in [-0.2, 0) is 0 Å². The third-order valence-electron chi connectivity index (χ3n) is 4.65. The molecular formula is C21H14N4O6S. The molecule has 160 valence electrons. The van der Waals surface area contributed by atoms with Crippen LogP contribution in [0.3, 0.4) is 0 Å². The Balaban J connectivity index is 1.65. The Morgan fingerprint density at radius 3 is 2.38 bits per heavy atom. The van der Waals surface area contributed by atoms with E-state index in [1.165, 1.54) is 0 Å². The Morgan fingerprint density at radius 2 is 1.72 bits per heavy atom. The maximum absolute atomic E-state index is 11.1. The van der Waals surface area contributed by atoms with Crippen molar-refractivity contribution < 1.29 is 20.1 Å². The number of aryl methyl sites for hydroxylation is 1. The lowest BCUT2D eigenvalue weighted by atomic mass is 10.1. The molecule has 0 aliphatic rings. The largest absolute Gasteiger partial charge is 0.502 e. The highest BCUT2D eigenvalue weighted by atomic mass is 32.1. The molecule has 0 aliphatic carbocycles. The van der Waals surface area contributed by atoms with Gasteiger partial charge in [0.1, 0.15) is 5.01 Å². The van der Waals surface area contributed by atoms with E-state index in [1.807, 2.05) is 25.1 Å². The van der Waals surface area contributed by atoms with Gasteiger partial charge in [-0.15, -0.1) is 11.3 Å². The summed E-state index contributed by atoms with van der Waals surface area (Å²) in [6, 6.07) is 13.8. The summed E-state index contributed by atoms with van der Waals surface area (Å²) >= 11 is 1.55. The van der Waals surface area contributed by atoms with Crippen LogP contribution in [0.4, 0.5) is 17.1 Å². The van der Waals surface area contributed by atoms with E-state index in [1.54, 1.807) is 35.6 Å². The molecule has 2 N–H and O–H groups in total. The van der Waals surface area contributed by atoms with Gasteiger partial charge in [-0.2, -0.15) is 0 Å². The molecule has 0 fully saturated rings. The number of aromatic hydroxyl groups is 2. The first-order valence-electron chi connectivity index (χ1n) is 9.14. The highest BCUT2D eigenvalue weighted by Crippen LogP contribution is 2.44. The van der Waals surface area contributed by atoms with E-state index in [0.717, 1.165) is 38.6 Å². The Hall–Kier alpha value is -4.38. The summed E-state index contributed by atoms with van der Waals surface area (Å²) in [7, 11) is 0. The third kappa shape index (κ3) is 3.84. The first-order chi connectivity index (χ1) is 15.2. The normalized spacial score (nSPS) is 11.3. The summed E-state index contributed by atoms with van der Waals surface area (Å²) < 4.78 is 1.07. The second-order valence-electron chi connectivity index (χ2n) is 6.84. The minimum Gasteiger partial charge on any atom is -0.502 e. The second-order valence-corrected chi connectivity index (χ2v) is 7.87. The smallest absolute Gasteiger partial charge is 0.359 e. The number of aliphatic imine (C=N–C) groups is 1. The average molecular weight is 450 g/mol. The Morgan fingerprint density at radius 1 is 1.00 bits per heavy atom. The summed E-state index contributed by atoms with van der Waals surface area (Å²) in [5, 5.41) is 42.8. The van der Waals surface area contributed by atoms with Crippen molar-refractivity contribution in [1.82, 2.24) is 4.98 Å². The molecule has 0 bridgehead atoms. The number of hydrogen-bond donors (Lipinski definition) is 2. The molecule has 1 heterocycles. The van der Waals surface area contributed by atoms with Crippen LogP contribution in [0.5, 0.6) is 11.5 Å². The van der Waals surface area contributed by atoms with Crippen molar-refractivity contribution in [3.63, 3.8) is 0 Å². The second kappa shape index (κ2) is 8.04. The number of thiazole rings is 1. The van der Waals surface area contributed by atoms with Crippen LogP contribution in [0.2, 0.25) is 0 Å². The number of rotatable bonds is 5. The van der Waals surface area contributed by atoms with Gasteiger partial charge in [0.25, 0.3) is 5.75 Å². The summed E-state index contributed by atoms with van der Waals surface area (Å²) in [6.07, 6.45) is 1.06. The Labute approximate surface area is 184 Å². The number of phenolic OH excluding ortho intramolecular Hbond substituents is 2. The van der Waals surface area contributed by atoms with Crippen molar-refractivity contribution >= 4 is 44.8 Å². The minimum atomic E-state index is -1.22. The monoisotopic (exact) mass is 450 g/mol. The highest BCUT2D eigenvalue weighted by Gasteiger charge is 2.31. The molecule has 0 unspecified atom stereocenters. The number of hydrogen-bond acceptors (Lipinski definition) is 9. The van der Waals surface area contributed by atoms with E-state index in [0.29, 0.717) is 5.69 Å². The van der Waals surface area contributed by atoms with Gasteiger partial charge in [-0.25, -0.2) is 4.98 Å². The summed E-state index contributed by atoms with van der Waals surface area (Å²) in [4.78, 5) is 28.9. The molecule has 0 saturated carbocycles. The molecule has 0 spiro atoms. The Kier molecular flexibility index (Phi) is 5.24. The van der Waals surface area contributed by atoms with E-state index >= 15 is 0 Å². The lowest BCUT2D eigenvalue weighted by Crippen LogP contribution is -1.98. The molecule has 0 amide bonds. The predicted octanol–water partition coefficient (Wildman–Crippen LogP) is 5.25. The average Bonchev–Trinajstić information content (AvgIpc) is 3.16. The standard InChI is InChI=1S/C21H14N4O6S/c1-11-2-7-17-15(8-11)23-21(32-17)12-3-5-14(6-4-12)22-10-13-9-16(24(28)29)20(27)18(19(13)26)25(30)31/h2-10,26-27H,1H3. The topological polar surface area (TPSA) is 152 Å².